The van der Waals surface area contributed by atoms with Crippen LogP contribution in [0, 0.1) is 18.2 Å². The van der Waals surface area contributed by atoms with Crippen molar-refractivity contribution in [3.05, 3.63) is 64.6 Å². The van der Waals surface area contributed by atoms with Gasteiger partial charge in [0.15, 0.2) is 17.5 Å². The number of pyridine rings is 1. The smallest absolute Gasteiger partial charge is 0.191 e. The maximum Gasteiger partial charge on any atom is 0.191 e. The van der Waals surface area contributed by atoms with E-state index in [1.807, 2.05) is 13.8 Å². The summed E-state index contributed by atoms with van der Waals surface area (Å²) in [6.45, 7) is 6.21. The lowest BCUT2D eigenvalue weighted by Crippen LogP contribution is -2.17. The minimum Gasteiger partial charge on any atom is -0.482 e. The van der Waals surface area contributed by atoms with Gasteiger partial charge in [0.05, 0.1) is 0 Å². The molecule has 0 saturated heterocycles. The molecule has 0 unspecified atom stereocenters. The van der Waals surface area contributed by atoms with Gasteiger partial charge in [0.25, 0.3) is 0 Å². The second kappa shape index (κ2) is 8.22. The lowest BCUT2D eigenvalue weighted by Gasteiger charge is -2.21. The molecule has 0 fully saturated rings. The number of aryl methyl sites for hydroxylation is 1. The molecule has 2 bridgehead atoms. The Balaban J connectivity index is 2.03. The van der Waals surface area contributed by atoms with E-state index in [4.69, 9.17) is 20.3 Å². The number of hydrogen-bond donors (Lipinski definition) is 3. The molecule has 8 heteroatoms. The van der Waals surface area contributed by atoms with Gasteiger partial charge in [0.1, 0.15) is 23.4 Å². The molecule has 0 amide bonds. The van der Waals surface area contributed by atoms with Gasteiger partial charge >= 0.3 is 0 Å². The van der Waals surface area contributed by atoms with Crippen LogP contribution in [0.5, 0.6) is 5.75 Å². The van der Waals surface area contributed by atoms with Gasteiger partial charge in [-0.3, -0.25) is 0 Å². The number of hydrogen-bond acceptors (Lipinski definition) is 7. The highest BCUT2D eigenvalue weighted by molar-refractivity contribution is 5.90. The van der Waals surface area contributed by atoms with Gasteiger partial charge in [0.2, 0.25) is 0 Å². The fourth-order valence-electron chi connectivity index (χ4n) is 3.79. The summed E-state index contributed by atoms with van der Waals surface area (Å²) in [5.41, 5.74) is 10.2. The van der Waals surface area contributed by atoms with Gasteiger partial charge in [-0.15, -0.1) is 0 Å². The van der Waals surface area contributed by atoms with Crippen molar-refractivity contribution in [2.24, 2.45) is 0 Å². The number of allylic oxidation sites excluding steroid dienone is 1. The van der Waals surface area contributed by atoms with E-state index in [2.05, 4.69) is 15.3 Å². The predicted octanol–water partition coefficient (Wildman–Crippen LogP) is 4.43. The second-order valence-corrected chi connectivity index (χ2v) is 7.36. The van der Waals surface area contributed by atoms with E-state index in [0.717, 1.165) is 11.3 Å². The highest BCUT2D eigenvalue weighted by Crippen LogP contribution is 2.37. The SMILES string of the molecule is CCN/C1=C(\C=N)Cc2oc(C)nc2-c2ccc(F)cc2[C@@H](C)Oc2cc1cnc2N. The van der Waals surface area contributed by atoms with E-state index in [1.165, 1.54) is 18.3 Å². The molecule has 31 heavy (non-hydrogen) atoms. The summed E-state index contributed by atoms with van der Waals surface area (Å²) in [6.07, 6.45) is 2.73. The summed E-state index contributed by atoms with van der Waals surface area (Å²) < 4.78 is 26.2. The van der Waals surface area contributed by atoms with Gasteiger partial charge in [0, 0.05) is 60.3 Å². The van der Waals surface area contributed by atoms with Crippen molar-refractivity contribution in [2.45, 2.75) is 33.3 Å². The molecule has 4 N–H and O–H groups in total. The molecule has 160 valence electrons. The molecule has 1 aromatic carbocycles. The third-order valence-electron chi connectivity index (χ3n) is 5.19. The summed E-state index contributed by atoms with van der Waals surface area (Å²) in [5.74, 6) is 1.32. The standard InChI is InChI=1S/C23H24FN5O2/c1-4-27-21-14(10-25)7-19-22(29-13(3)31-19)17-6-5-16(24)9-18(17)12(2)30-20-8-15(21)11-28-23(20)26/h5-6,8-12,25,27H,4,7H2,1-3H3,(H2,26,28)/b21-14-,25-10?/t12-/m1/s1. The fraction of sp³-hybridized carbons (Fsp3) is 0.261. The first-order valence-corrected chi connectivity index (χ1v) is 10.1. The number of oxazole rings is 1. The maximum absolute atomic E-state index is 14.2. The number of fused-ring (bicyclic) bond motifs is 5. The minimum atomic E-state index is -0.525. The summed E-state index contributed by atoms with van der Waals surface area (Å²) in [4.78, 5) is 8.85. The summed E-state index contributed by atoms with van der Waals surface area (Å²) in [7, 11) is 0. The minimum absolute atomic E-state index is 0.232. The molecule has 7 nitrogen and oxygen atoms in total. The highest BCUT2D eigenvalue weighted by Gasteiger charge is 2.24. The Hall–Kier alpha value is -3.68. The van der Waals surface area contributed by atoms with Crippen molar-refractivity contribution >= 4 is 17.7 Å². The van der Waals surface area contributed by atoms with Gasteiger partial charge in [-0.25, -0.2) is 14.4 Å². The maximum atomic E-state index is 14.2. The molecule has 4 rings (SSSR count). The van der Waals surface area contributed by atoms with Crippen molar-refractivity contribution in [2.75, 3.05) is 12.3 Å². The molecule has 1 atom stereocenters. The number of nitrogens with two attached hydrogens (primary N) is 1. The molecule has 3 heterocycles. The monoisotopic (exact) mass is 421 g/mol. The van der Waals surface area contributed by atoms with Crippen molar-refractivity contribution in [1.82, 2.24) is 15.3 Å². The van der Waals surface area contributed by atoms with Crippen LogP contribution in [0.25, 0.3) is 17.0 Å². The number of halogens is 1. The lowest BCUT2D eigenvalue weighted by molar-refractivity contribution is 0.227. The zero-order chi connectivity index (χ0) is 22.1. The molecule has 3 aromatic rings. The van der Waals surface area contributed by atoms with Crippen LogP contribution in [0.4, 0.5) is 10.2 Å². The van der Waals surface area contributed by atoms with Crippen LogP contribution in [-0.4, -0.2) is 22.7 Å². The van der Waals surface area contributed by atoms with Gasteiger partial charge < -0.3 is 25.6 Å². The Labute approximate surface area is 179 Å². The lowest BCUT2D eigenvalue weighted by atomic mass is 9.96. The summed E-state index contributed by atoms with van der Waals surface area (Å²) >= 11 is 0. The van der Waals surface area contributed by atoms with Gasteiger partial charge in [-0.05, 0) is 38.1 Å². The van der Waals surface area contributed by atoms with Crippen LogP contribution in [-0.2, 0) is 6.42 Å². The number of benzene rings is 1. The Bertz CT molecular complexity index is 1180. The molecule has 1 aliphatic heterocycles. The molecular weight excluding hydrogens is 397 g/mol. The number of ether oxygens (including phenoxy) is 1. The molecule has 0 spiro atoms. The van der Waals surface area contributed by atoms with E-state index in [0.29, 0.717) is 52.8 Å². The third kappa shape index (κ3) is 3.88. The van der Waals surface area contributed by atoms with Gasteiger partial charge in [-0.2, -0.15) is 0 Å². The van der Waals surface area contributed by atoms with E-state index in [9.17, 15) is 4.39 Å². The van der Waals surface area contributed by atoms with Crippen molar-refractivity contribution in [3.8, 4) is 17.0 Å². The summed E-state index contributed by atoms with van der Waals surface area (Å²) in [5, 5.41) is 11.4. The van der Waals surface area contributed by atoms with Crippen LogP contribution in [0.15, 0.2) is 40.5 Å². The van der Waals surface area contributed by atoms with Crippen LogP contribution in [0.1, 0.15) is 42.7 Å². The zero-order valence-corrected chi connectivity index (χ0v) is 17.6. The molecule has 0 saturated carbocycles. The number of anilines is 1. The van der Waals surface area contributed by atoms with Crippen molar-refractivity contribution in [3.63, 3.8) is 0 Å². The first-order valence-electron chi connectivity index (χ1n) is 10.1. The largest absolute Gasteiger partial charge is 0.482 e. The van der Waals surface area contributed by atoms with Crippen LogP contribution < -0.4 is 15.8 Å². The zero-order valence-electron chi connectivity index (χ0n) is 17.6. The first-order chi connectivity index (χ1) is 14.9. The van der Waals surface area contributed by atoms with E-state index in [1.54, 1.807) is 25.3 Å². The van der Waals surface area contributed by atoms with E-state index in [-0.39, 0.29) is 11.6 Å². The van der Waals surface area contributed by atoms with Crippen molar-refractivity contribution in [1.29, 1.82) is 5.41 Å². The van der Waals surface area contributed by atoms with E-state index < -0.39 is 6.10 Å². The molecule has 2 aromatic heterocycles. The molecular formula is C23H24FN5O2. The average Bonchev–Trinajstić information content (AvgIpc) is 3.11. The molecule has 0 aliphatic carbocycles. The topological polar surface area (TPSA) is 110 Å². The van der Waals surface area contributed by atoms with Crippen molar-refractivity contribution < 1.29 is 13.5 Å². The highest BCUT2D eigenvalue weighted by atomic mass is 19.1. The molecule has 0 radical (unpaired) electrons. The van der Waals surface area contributed by atoms with Crippen LogP contribution in [0.3, 0.4) is 0 Å². The fourth-order valence-corrected chi connectivity index (χ4v) is 3.79. The van der Waals surface area contributed by atoms with Crippen LogP contribution in [0.2, 0.25) is 0 Å². The average molecular weight is 421 g/mol. The molecule has 1 aliphatic rings. The normalized spacial score (nSPS) is 18.1. The van der Waals surface area contributed by atoms with Crippen LogP contribution >= 0.6 is 0 Å². The predicted molar refractivity (Wildman–Crippen MR) is 117 cm³/mol. The first kappa shape index (κ1) is 20.6. The number of rotatable bonds is 3. The number of nitrogens with zero attached hydrogens (tertiary/aromatic N) is 2. The Morgan fingerprint density at radius 2 is 2.16 bits per heavy atom. The van der Waals surface area contributed by atoms with Gasteiger partial charge in [-0.1, -0.05) is 0 Å². The van der Waals surface area contributed by atoms with E-state index >= 15 is 0 Å². The number of nitrogen functional groups attached to an aromatic ring is 1. The quantitative estimate of drug-likeness (QED) is 0.540. The number of nitrogens with one attached hydrogen (secondary N) is 2. The number of aromatic nitrogens is 2. The summed E-state index contributed by atoms with van der Waals surface area (Å²) in [6, 6.07) is 6.28. The Morgan fingerprint density at radius 3 is 2.90 bits per heavy atom. The second-order valence-electron chi connectivity index (χ2n) is 7.36. The Kier molecular flexibility index (Phi) is 5.46. The third-order valence-corrected chi connectivity index (χ3v) is 5.19. The Morgan fingerprint density at radius 1 is 1.35 bits per heavy atom.